The maximum absolute atomic E-state index is 12.6. The number of rotatable bonds is 5. The molecule has 0 heterocycles. The van der Waals surface area contributed by atoms with Gasteiger partial charge >= 0.3 is 5.97 Å². The Bertz CT molecular complexity index is 733. The van der Waals surface area contributed by atoms with Gasteiger partial charge in [0.15, 0.2) is 6.10 Å². The van der Waals surface area contributed by atoms with Crippen LogP contribution in [0.5, 0.6) is 0 Å². The van der Waals surface area contributed by atoms with Gasteiger partial charge in [0.1, 0.15) is 5.54 Å². The van der Waals surface area contributed by atoms with Crippen molar-refractivity contribution in [1.82, 2.24) is 4.90 Å². The average Bonchev–Trinajstić information content (AvgIpc) is 2.65. The van der Waals surface area contributed by atoms with Crippen LogP contribution in [0.4, 0.5) is 0 Å². The summed E-state index contributed by atoms with van der Waals surface area (Å²) in [6.07, 6.45) is 6.24. The molecule has 1 aromatic carbocycles. The minimum absolute atomic E-state index is 0.349. The molecule has 2 rings (SSSR count). The SMILES string of the molecule is C[C@H](OC(=O)/C=C/c1cccc(Br)c1)C(=O)N(C)C1(C#N)CCCCC1. The number of nitriles is 1. The highest BCUT2D eigenvalue weighted by atomic mass is 79.9. The summed E-state index contributed by atoms with van der Waals surface area (Å²) < 4.78 is 6.14. The summed E-state index contributed by atoms with van der Waals surface area (Å²) in [5.74, 6) is -0.938. The minimum atomic E-state index is -0.938. The first-order valence-corrected chi connectivity index (χ1v) is 9.50. The van der Waals surface area contributed by atoms with E-state index in [4.69, 9.17) is 4.74 Å². The molecule has 1 saturated carbocycles. The number of carbonyl (C=O) groups excluding carboxylic acids is 2. The van der Waals surface area contributed by atoms with E-state index in [0.717, 1.165) is 29.3 Å². The molecule has 1 aromatic rings. The Morgan fingerprint density at radius 3 is 2.65 bits per heavy atom. The predicted molar refractivity (Wildman–Crippen MR) is 103 cm³/mol. The second kappa shape index (κ2) is 9.00. The Balaban J connectivity index is 1.97. The second-order valence-electron chi connectivity index (χ2n) is 6.57. The normalized spacial score (nSPS) is 17.3. The zero-order valence-electron chi connectivity index (χ0n) is 15.1. The Morgan fingerprint density at radius 1 is 1.35 bits per heavy atom. The molecule has 0 bridgehead atoms. The summed E-state index contributed by atoms with van der Waals surface area (Å²) in [4.78, 5) is 26.1. The van der Waals surface area contributed by atoms with Crippen molar-refractivity contribution in [2.45, 2.75) is 50.7 Å². The number of nitrogens with zero attached hydrogens (tertiary/aromatic N) is 2. The van der Waals surface area contributed by atoms with Crippen molar-refractivity contribution in [1.29, 1.82) is 5.26 Å². The van der Waals surface area contributed by atoms with Crippen LogP contribution < -0.4 is 0 Å². The molecule has 0 aromatic heterocycles. The minimum Gasteiger partial charge on any atom is -0.449 e. The van der Waals surface area contributed by atoms with Gasteiger partial charge in [-0.25, -0.2) is 4.79 Å². The van der Waals surface area contributed by atoms with Crippen LogP contribution in [0.15, 0.2) is 34.8 Å². The van der Waals surface area contributed by atoms with Crippen LogP contribution in [0.3, 0.4) is 0 Å². The first-order chi connectivity index (χ1) is 12.4. The highest BCUT2D eigenvalue weighted by Gasteiger charge is 2.40. The number of benzene rings is 1. The van der Waals surface area contributed by atoms with Crippen molar-refractivity contribution >= 4 is 33.9 Å². The molecular formula is C20H23BrN2O3. The molecule has 0 N–H and O–H groups in total. The van der Waals surface area contributed by atoms with Crippen LogP contribution >= 0.6 is 15.9 Å². The molecule has 6 heteroatoms. The summed E-state index contributed by atoms with van der Waals surface area (Å²) in [6, 6.07) is 9.78. The third-order valence-corrected chi connectivity index (χ3v) is 5.26. The summed E-state index contributed by atoms with van der Waals surface area (Å²) in [7, 11) is 1.62. The topological polar surface area (TPSA) is 70.4 Å². The Morgan fingerprint density at radius 2 is 2.04 bits per heavy atom. The van der Waals surface area contributed by atoms with Crippen LogP contribution in [0.25, 0.3) is 6.08 Å². The Kier molecular flexibility index (Phi) is 6.98. The van der Waals surface area contributed by atoms with Gasteiger partial charge in [-0.3, -0.25) is 4.79 Å². The summed E-state index contributed by atoms with van der Waals surface area (Å²) in [6.45, 7) is 1.54. The lowest BCUT2D eigenvalue weighted by Gasteiger charge is -2.39. The van der Waals surface area contributed by atoms with Crippen molar-refractivity contribution in [2.75, 3.05) is 7.05 Å². The number of halogens is 1. The molecule has 0 radical (unpaired) electrons. The van der Waals surface area contributed by atoms with Crippen molar-refractivity contribution in [3.05, 3.63) is 40.4 Å². The standard InChI is InChI=1S/C20H23BrN2O3/c1-15(19(25)23(2)20(14-22)11-4-3-5-12-20)26-18(24)10-9-16-7-6-8-17(21)13-16/h6-10,13,15H,3-5,11-12H2,1-2H3/b10-9+/t15-/m0/s1. The molecule has 26 heavy (non-hydrogen) atoms. The smallest absolute Gasteiger partial charge is 0.331 e. The molecule has 0 spiro atoms. The van der Waals surface area contributed by atoms with Gasteiger partial charge < -0.3 is 9.64 Å². The first kappa shape index (κ1) is 20.2. The van der Waals surface area contributed by atoms with E-state index in [2.05, 4.69) is 22.0 Å². The van der Waals surface area contributed by atoms with E-state index < -0.39 is 17.6 Å². The van der Waals surface area contributed by atoms with E-state index in [1.165, 1.54) is 17.9 Å². The molecule has 5 nitrogen and oxygen atoms in total. The molecule has 0 saturated heterocycles. The largest absolute Gasteiger partial charge is 0.449 e. The molecular weight excluding hydrogens is 396 g/mol. The molecule has 1 fully saturated rings. The van der Waals surface area contributed by atoms with E-state index in [0.29, 0.717) is 12.8 Å². The number of ether oxygens (including phenoxy) is 1. The first-order valence-electron chi connectivity index (χ1n) is 8.71. The monoisotopic (exact) mass is 418 g/mol. The second-order valence-corrected chi connectivity index (χ2v) is 7.48. The Labute approximate surface area is 162 Å². The number of likely N-dealkylation sites (N-methyl/N-ethyl adjacent to an activating group) is 1. The van der Waals surface area contributed by atoms with Crippen molar-refractivity contribution in [3.8, 4) is 6.07 Å². The molecule has 138 valence electrons. The quantitative estimate of drug-likeness (QED) is 0.533. The Hall–Kier alpha value is -2.13. The van der Waals surface area contributed by atoms with Crippen LogP contribution in [0.1, 0.15) is 44.6 Å². The van der Waals surface area contributed by atoms with Gasteiger partial charge in [0.25, 0.3) is 5.91 Å². The van der Waals surface area contributed by atoms with Gasteiger partial charge in [0.05, 0.1) is 6.07 Å². The van der Waals surface area contributed by atoms with Gasteiger partial charge in [-0.2, -0.15) is 5.26 Å². The number of hydrogen-bond donors (Lipinski definition) is 0. The van der Waals surface area contributed by atoms with Crippen molar-refractivity contribution in [2.24, 2.45) is 0 Å². The van der Waals surface area contributed by atoms with Crippen molar-refractivity contribution in [3.63, 3.8) is 0 Å². The van der Waals surface area contributed by atoms with E-state index in [9.17, 15) is 14.9 Å². The number of carbonyl (C=O) groups is 2. The van der Waals surface area contributed by atoms with Gasteiger partial charge in [-0.1, -0.05) is 47.3 Å². The lowest BCUT2D eigenvalue weighted by atomic mass is 9.81. The van der Waals surface area contributed by atoms with Crippen LogP contribution in [-0.2, 0) is 14.3 Å². The summed E-state index contributed by atoms with van der Waals surface area (Å²) >= 11 is 3.37. The van der Waals surface area contributed by atoms with E-state index in [-0.39, 0.29) is 5.91 Å². The van der Waals surface area contributed by atoms with E-state index >= 15 is 0 Å². The van der Waals surface area contributed by atoms with Gasteiger partial charge in [-0.15, -0.1) is 0 Å². The van der Waals surface area contributed by atoms with Gasteiger partial charge in [0.2, 0.25) is 0 Å². The third kappa shape index (κ3) is 4.95. The lowest BCUT2D eigenvalue weighted by molar-refractivity contribution is -0.157. The molecule has 1 aliphatic carbocycles. The fraction of sp³-hybridized carbons (Fsp3) is 0.450. The fourth-order valence-electron chi connectivity index (χ4n) is 3.18. The summed E-state index contributed by atoms with van der Waals surface area (Å²) in [5, 5.41) is 9.59. The zero-order chi connectivity index (χ0) is 19.2. The predicted octanol–water partition coefficient (Wildman–Crippen LogP) is 4.08. The fourth-order valence-corrected chi connectivity index (χ4v) is 3.60. The van der Waals surface area contributed by atoms with E-state index in [1.54, 1.807) is 13.1 Å². The number of amides is 1. The highest BCUT2D eigenvalue weighted by molar-refractivity contribution is 9.10. The van der Waals surface area contributed by atoms with Crippen LogP contribution in [-0.4, -0.2) is 35.5 Å². The molecule has 1 aliphatic rings. The third-order valence-electron chi connectivity index (χ3n) is 4.76. The number of hydrogen-bond acceptors (Lipinski definition) is 4. The molecule has 1 atom stereocenters. The maximum Gasteiger partial charge on any atom is 0.331 e. The average molecular weight is 419 g/mol. The van der Waals surface area contributed by atoms with Crippen LogP contribution in [0, 0.1) is 11.3 Å². The lowest BCUT2D eigenvalue weighted by Crippen LogP contribution is -2.53. The maximum atomic E-state index is 12.6. The molecule has 0 aliphatic heterocycles. The zero-order valence-corrected chi connectivity index (χ0v) is 16.7. The van der Waals surface area contributed by atoms with Gasteiger partial charge in [0, 0.05) is 17.6 Å². The summed E-state index contributed by atoms with van der Waals surface area (Å²) in [5.41, 5.74) is 0.0559. The van der Waals surface area contributed by atoms with E-state index in [1.807, 2.05) is 24.3 Å². The van der Waals surface area contributed by atoms with Gasteiger partial charge in [-0.05, 0) is 43.5 Å². The molecule has 1 amide bonds. The van der Waals surface area contributed by atoms with Crippen molar-refractivity contribution < 1.29 is 14.3 Å². The van der Waals surface area contributed by atoms with Crippen LogP contribution in [0.2, 0.25) is 0 Å². The number of esters is 1. The highest BCUT2D eigenvalue weighted by Crippen LogP contribution is 2.32. The molecule has 0 unspecified atom stereocenters.